The van der Waals surface area contributed by atoms with Crippen LogP contribution in [0.4, 0.5) is 9.18 Å². The molecule has 0 saturated heterocycles. The van der Waals surface area contributed by atoms with Crippen LogP contribution >= 0.6 is 0 Å². The van der Waals surface area contributed by atoms with E-state index in [0.29, 0.717) is 5.56 Å². The van der Waals surface area contributed by atoms with Gasteiger partial charge in [0.15, 0.2) is 6.29 Å². The average molecular weight is 352 g/mol. The Morgan fingerprint density at radius 1 is 1.40 bits per heavy atom. The van der Waals surface area contributed by atoms with E-state index in [2.05, 4.69) is 20.5 Å². The third-order valence-corrected chi connectivity index (χ3v) is 2.60. The summed E-state index contributed by atoms with van der Waals surface area (Å²) in [5.74, 6) is -0.218. The average Bonchev–Trinajstić information content (AvgIpc) is 3.07. The van der Waals surface area contributed by atoms with Crippen molar-refractivity contribution < 1.29 is 23.5 Å². The van der Waals surface area contributed by atoms with Gasteiger partial charge in [-0.25, -0.2) is 14.2 Å². The number of ether oxygens (including phenoxy) is 2. The minimum Gasteiger partial charge on any atom is -0.481 e. The Bertz CT molecular complexity index is 684. The molecule has 0 aromatic carbocycles. The summed E-state index contributed by atoms with van der Waals surface area (Å²) in [6.07, 6.45) is 4.19. The molecule has 2 heterocycles. The number of aromatic nitrogens is 3. The van der Waals surface area contributed by atoms with Crippen molar-refractivity contribution >= 4 is 12.4 Å². The third kappa shape index (κ3) is 7.91. The molecule has 9 heteroatoms. The van der Waals surface area contributed by atoms with E-state index in [4.69, 9.17) is 9.47 Å². The van der Waals surface area contributed by atoms with Gasteiger partial charge in [0.2, 0.25) is 5.88 Å². The van der Waals surface area contributed by atoms with Crippen LogP contribution in [-0.2, 0) is 11.3 Å². The molecular formula is C16H21FN4O4. The number of hydrogen-bond acceptors (Lipinski definition) is 6. The van der Waals surface area contributed by atoms with Crippen molar-refractivity contribution in [2.45, 2.75) is 32.9 Å². The van der Waals surface area contributed by atoms with E-state index >= 15 is 0 Å². The van der Waals surface area contributed by atoms with Gasteiger partial charge in [-0.3, -0.25) is 9.89 Å². The molecule has 0 bridgehead atoms. The number of rotatable bonds is 4. The Balaban J connectivity index is 0.000000370. The molecule has 0 aliphatic heterocycles. The van der Waals surface area contributed by atoms with Crippen molar-refractivity contribution in [3.8, 4) is 5.88 Å². The van der Waals surface area contributed by atoms with E-state index in [9.17, 15) is 14.0 Å². The number of carbonyl (C=O) groups is 2. The van der Waals surface area contributed by atoms with Gasteiger partial charge in [-0.2, -0.15) is 5.10 Å². The summed E-state index contributed by atoms with van der Waals surface area (Å²) in [4.78, 5) is 24.9. The number of nitrogens with zero attached hydrogens (tertiary/aromatic N) is 2. The van der Waals surface area contributed by atoms with E-state index in [0.717, 1.165) is 12.5 Å². The highest BCUT2D eigenvalue weighted by Gasteiger charge is 2.16. The molecule has 0 aliphatic carbocycles. The number of aldehydes is 1. The fourth-order valence-electron chi connectivity index (χ4n) is 1.51. The Morgan fingerprint density at radius 2 is 2.12 bits per heavy atom. The smallest absolute Gasteiger partial charge is 0.407 e. The summed E-state index contributed by atoms with van der Waals surface area (Å²) in [5, 5.41) is 8.50. The highest BCUT2D eigenvalue weighted by molar-refractivity contribution is 5.73. The molecule has 136 valence electrons. The van der Waals surface area contributed by atoms with Crippen molar-refractivity contribution in [2.24, 2.45) is 0 Å². The molecule has 1 amide bonds. The summed E-state index contributed by atoms with van der Waals surface area (Å²) in [6.45, 7) is 5.27. The molecule has 0 radical (unpaired) electrons. The van der Waals surface area contributed by atoms with Crippen LogP contribution in [0.15, 0.2) is 24.7 Å². The maximum absolute atomic E-state index is 13.4. The third-order valence-electron chi connectivity index (χ3n) is 2.60. The summed E-state index contributed by atoms with van der Waals surface area (Å²) in [5.41, 5.74) is 0.283. The Hall–Kier alpha value is -2.97. The lowest BCUT2D eigenvalue weighted by atomic mass is 10.2. The molecule has 0 atom stereocenters. The molecule has 0 saturated carbocycles. The van der Waals surface area contributed by atoms with Crippen molar-refractivity contribution in [3.63, 3.8) is 0 Å². The molecule has 0 fully saturated rings. The quantitative estimate of drug-likeness (QED) is 0.819. The van der Waals surface area contributed by atoms with Gasteiger partial charge in [0.1, 0.15) is 11.4 Å². The van der Waals surface area contributed by atoms with Gasteiger partial charge in [-0.05, 0) is 20.8 Å². The second-order valence-corrected chi connectivity index (χ2v) is 5.82. The first-order chi connectivity index (χ1) is 11.7. The van der Waals surface area contributed by atoms with Crippen molar-refractivity contribution in [3.05, 3.63) is 41.6 Å². The van der Waals surface area contributed by atoms with E-state index in [1.807, 2.05) is 0 Å². The maximum atomic E-state index is 13.4. The number of amides is 1. The second-order valence-electron chi connectivity index (χ2n) is 5.82. The fourth-order valence-corrected chi connectivity index (χ4v) is 1.51. The molecule has 25 heavy (non-hydrogen) atoms. The summed E-state index contributed by atoms with van der Waals surface area (Å²) < 4.78 is 23.3. The predicted octanol–water partition coefficient (Wildman–Crippen LogP) is 2.48. The topological polar surface area (TPSA) is 106 Å². The van der Waals surface area contributed by atoms with Crippen molar-refractivity contribution in [2.75, 3.05) is 7.11 Å². The zero-order valence-electron chi connectivity index (χ0n) is 14.5. The highest BCUT2D eigenvalue weighted by atomic mass is 19.1. The van der Waals surface area contributed by atoms with Crippen LogP contribution in [0.25, 0.3) is 0 Å². The molecule has 8 nitrogen and oxygen atoms in total. The zero-order chi connectivity index (χ0) is 18.9. The van der Waals surface area contributed by atoms with Gasteiger partial charge in [0.05, 0.1) is 25.1 Å². The number of pyridine rings is 1. The van der Waals surface area contributed by atoms with Gasteiger partial charge >= 0.3 is 6.09 Å². The largest absolute Gasteiger partial charge is 0.481 e. The van der Waals surface area contributed by atoms with Crippen LogP contribution in [0.5, 0.6) is 5.88 Å². The number of halogens is 1. The number of carbonyl (C=O) groups excluding carboxylic acids is 2. The normalized spacial score (nSPS) is 10.3. The molecule has 0 unspecified atom stereocenters. The van der Waals surface area contributed by atoms with E-state index < -0.39 is 17.5 Å². The van der Waals surface area contributed by atoms with E-state index in [-0.39, 0.29) is 18.0 Å². The van der Waals surface area contributed by atoms with Crippen LogP contribution in [0.3, 0.4) is 0 Å². The molecule has 2 aromatic heterocycles. The van der Waals surface area contributed by atoms with Gasteiger partial charge in [-0.15, -0.1) is 0 Å². The minimum absolute atomic E-state index is 0.0135. The summed E-state index contributed by atoms with van der Waals surface area (Å²) in [7, 11) is 1.44. The van der Waals surface area contributed by atoms with Crippen LogP contribution in [0, 0.1) is 5.82 Å². The number of H-pyrrole nitrogens is 1. The molecule has 2 rings (SSSR count). The fraction of sp³-hybridized carbons (Fsp3) is 0.375. The lowest BCUT2D eigenvalue weighted by molar-refractivity contribution is 0.0523. The highest BCUT2D eigenvalue weighted by Crippen LogP contribution is 2.13. The first-order valence-electron chi connectivity index (χ1n) is 7.34. The number of aromatic amines is 1. The van der Waals surface area contributed by atoms with Gasteiger partial charge in [-0.1, -0.05) is 0 Å². The second kappa shape index (κ2) is 9.36. The van der Waals surface area contributed by atoms with Crippen molar-refractivity contribution in [1.29, 1.82) is 0 Å². The Kier molecular flexibility index (Phi) is 7.51. The van der Waals surface area contributed by atoms with E-state index in [1.165, 1.54) is 25.6 Å². The standard InChI is InChI=1S/C12H17FN2O3.C4H4N2O/c1-12(2,3)18-11(16)15-6-8-5-10(17-4)14-7-9(8)13;7-3-4-1-5-6-2-4/h5,7H,6H2,1-4H3,(H,15,16);1-3H,(H,5,6). The van der Waals surface area contributed by atoms with Crippen LogP contribution in [-0.4, -0.2) is 40.3 Å². The predicted molar refractivity (Wildman–Crippen MR) is 87.8 cm³/mol. The SMILES string of the molecule is COc1cc(CNC(=O)OC(C)(C)C)c(F)cn1.O=Cc1cn[nH]c1. The number of methoxy groups -OCH3 is 1. The lowest BCUT2D eigenvalue weighted by Gasteiger charge is -2.19. The molecule has 2 N–H and O–H groups in total. The Labute approximate surface area is 144 Å². The van der Waals surface area contributed by atoms with Crippen molar-refractivity contribution in [1.82, 2.24) is 20.5 Å². The van der Waals surface area contributed by atoms with Gasteiger partial charge in [0, 0.05) is 24.4 Å². The monoisotopic (exact) mass is 352 g/mol. The van der Waals surface area contributed by atoms with Gasteiger partial charge < -0.3 is 14.8 Å². The zero-order valence-corrected chi connectivity index (χ0v) is 14.5. The van der Waals surface area contributed by atoms with Crippen LogP contribution in [0.2, 0.25) is 0 Å². The van der Waals surface area contributed by atoms with E-state index in [1.54, 1.807) is 20.8 Å². The first kappa shape index (κ1) is 20.1. The lowest BCUT2D eigenvalue weighted by Crippen LogP contribution is -2.32. The summed E-state index contributed by atoms with van der Waals surface area (Å²) >= 11 is 0. The first-order valence-corrected chi connectivity index (χ1v) is 7.34. The maximum Gasteiger partial charge on any atom is 0.407 e. The summed E-state index contributed by atoms with van der Waals surface area (Å²) in [6, 6.07) is 1.42. The van der Waals surface area contributed by atoms with Crippen LogP contribution < -0.4 is 10.1 Å². The molecule has 2 aromatic rings. The number of hydrogen-bond donors (Lipinski definition) is 2. The van der Waals surface area contributed by atoms with Crippen LogP contribution in [0.1, 0.15) is 36.7 Å². The molecule has 0 spiro atoms. The minimum atomic E-state index is -0.599. The number of nitrogens with one attached hydrogen (secondary N) is 2. The van der Waals surface area contributed by atoms with Gasteiger partial charge in [0.25, 0.3) is 0 Å². The molecule has 0 aliphatic rings. The number of alkyl carbamates (subject to hydrolysis) is 1. The molecular weight excluding hydrogens is 331 g/mol. The Morgan fingerprint density at radius 3 is 2.60 bits per heavy atom.